The van der Waals surface area contributed by atoms with Crippen LogP contribution in [0.1, 0.15) is 30.1 Å². The topological polar surface area (TPSA) is 47.0 Å². The predicted octanol–water partition coefficient (Wildman–Crippen LogP) is 1.51. The molecule has 1 aromatic rings. The number of rotatable bonds is 2. The van der Waals surface area contributed by atoms with Crippen molar-refractivity contribution in [3.05, 3.63) is 17.6 Å². The first-order valence-corrected chi connectivity index (χ1v) is 6.36. The fourth-order valence-electron chi connectivity index (χ4n) is 3.30. The Balaban J connectivity index is 1.87. The number of nitrogens with one attached hydrogen (secondary N) is 1. The summed E-state index contributed by atoms with van der Waals surface area (Å²) in [6.45, 7) is 4.33. The van der Waals surface area contributed by atoms with Gasteiger partial charge in [-0.15, -0.1) is 0 Å². The van der Waals surface area contributed by atoms with Crippen molar-refractivity contribution in [2.75, 3.05) is 20.2 Å². The molecule has 17 heavy (non-hydrogen) atoms. The molecule has 1 saturated heterocycles. The second kappa shape index (κ2) is 4.26. The molecule has 2 atom stereocenters. The van der Waals surface area contributed by atoms with E-state index >= 15 is 0 Å². The second-order valence-electron chi connectivity index (χ2n) is 5.25. The Morgan fingerprint density at radius 1 is 1.29 bits per heavy atom. The van der Waals surface area contributed by atoms with Gasteiger partial charge in [-0.3, -0.25) is 4.98 Å². The second-order valence-corrected chi connectivity index (χ2v) is 5.25. The van der Waals surface area contributed by atoms with E-state index in [-0.39, 0.29) is 0 Å². The maximum atomic E-state index is 5.35. The van der Waals surface area contributed by atoms with Crippen molar-refractivity contribution in [1.82, 2.24) is 15.3 Å². The molecule has 0 bridgehead atoms. The smallest absolute Gasteiger partial charge is 0.235 e. The zero-order valence-electron chi connectivity index (χ0n) is 10.4. The Kier molecular flexibility index (Phi) is 2.74. The van der Waals surface area contributed by atoms with Crippen LogP contribution in [0, 0.1) is 18.8 Å². The molecule has 0 spiro atoms. The van der Waals surface area contributed by atoms with E-state index in [4.69, 9.17) is 4.74 Å². The number of aromatic nitrogens is 2. The Morgan fingerprint density at radius 3 is 2.65 bits per heavy atom. The average Bonchev–Trinajstić information content (AvgIpc) is 2.88. The molecule has 1 saturated carbocycles. The Bertz CT molecular complexity index is 409. The summed E-state index contributed by atoms with van der Waals surface area (Å²) in [4.78, 5) is 8.98. The molecule has 92 valence electrons. The number of aryl methyl sites for hydroxylation is 1. The fourth-order valence-corrected chi connectivity index (χ4v) is 3.30. The predicted molar refractivity (Wildman–Crippen MR) is 65.1 cm³/mol. The van der Waals surface area contributed by atoms with Crippen LogP contribution in [0.2, 0.25) is 0 Å². The molecule has 1 aliphatic heterocycles. The van der Waals surface area contributed by atoms with Gasteiger partial charge in [0.1, 0.15) is 5.69 Å². The van der Waals surface area contributed by atoms with Gasteiger partial charge in [0.05, 0.1) is 19.0 Å². The highest BCUT2D eigenvalue weighted by molar-refractivity contribution is 5.25. The molecule has 0 amide bonds. The van der Waals surface area contributed by atoms with Crippen molar-refractivity contribution in [3.8, 4) is 5.88 Å². The highest BCUT2D eigenvalue weighted by Crippen LogP contribution is 2.45. The lowest BCUT2D eigenvalue weighted by Gasteiger charge is -2.14. The maximum absolute atomic E-state index is 5.35. The number of hydrogen-bond acceptors (Lipinski definition) is 4. The summed E-state index contributed by atoms with van der Waals surface area (Å²) in [5.74, 6) is 2.90. The van der Waals surface area contributed by atoms with Crippen LogP contribution in [0.5, 0.6) is 5.88 Å². The molecule has 1 aromatic heterocycles. The van der Waals surface area contributed by atoms with Crippen LogP contribution in [0.4, 0.5) is 0 Å². The van der Waals surface area contributed by atoms with E-state index in [1.165, 1.54) is 25.9 Å². The van der Waals surface area contributed by atoms with Crippen molar-refractivity contribution < 1.29 is 4.74 Å². The summed E-state index contributed by atoms with van der Waals surface area (Å²) in [6.07, 6.45) is 4.23. The maximum Gasteiger partial charge on any atom is 0.235 e. The van der Waals surface area contributed by atoms with Crippen LogP contribution in [0.25, 0.3) is 0 Å². The summed E-state index contributed by atoms with van der Waals surface area (Å²) < 4.78 is 5.35. The third-order valence-electron chi connectivity index (χ3n) is 4.12. The van der Waals surface area contributed by atoms with Gasteiger partial charge < -0.3 is 10.1 Å². The van der Waals surface area contributed by atoms with Crippen molar-refractivity contribution in [1.29, 1.82) is 0 Å². The first-order chi connectivity index (χ1) is 8.28. The molecule has 2 aliphatic rings. The Labute approximate surface area is 102 Å². The van der Waals surface area contributed by atoms with E-state index in [0.29, 0.717) is 11.8 Å². The van der Waals surface area contributed by atoms with E-state index in [2.05, 4.69) is 15.3 Å². The van der Waals surface area contributed by atoms with Crippen molar-refractivity contribution in [2.45, 2.75) is 25.7 Å². The van der Waals surface area contributed by atoms with Gasteiger partial charge in [-0.05, 0) is 44.7 Å². The van der Waals surface area contributed by atoms with Crippen LogP contribution in [-0.4, -0.2) is 30.2 Å². The lowest BCUT2D eigenvalue weighted by Crippen LogP contribution is -2.12. The van der Waals surface area contributed by atoms with E-state index in [1.54, 1.807) is 13.3 Å². The van der Waals surface area contributed by atoms with Crippen molar-refractivity contribution >= 4 is 0 Å². The molecular formula is C13H19N3O. The lowest BCUT2D eigenvalue weighted by molar-refractivity contribution is 0.382. The number of ether oxygens (including phenoxy) is 1. The van der Waals surface area contributed by atoms with E-state index in [9.17, 15) is 0 Å². The van der Waals surface area contributed by atoms with Crippen molar-refractivity contribution in [3.63, 3.8) is 0 Å². The number of methoxy groups -OCH3 is 1. The molecule has 2 fully saturated rings. The highest BCUT2D eigenvalue weighted by atomic mass is 16.5. The van der Waals surface area contributed by atoms with Gasteiger partial charge in [-0.1, -0.05) is 0 Å². The van der Waals surface area contributed by atoms with Gasteiger partial charge in [0.15, 0.2) is 0 Å². The largest absolute Gasteiger partial charge is 0.480 e. The summed E-state index contributed by atoms with van der Waals surface area (Å²) in [7, 11) is 1.68. The molecule has 4 heteroatoms. The summed E-state index contributed by atoms with van der Waals surface area (Å²) in [5, 5.41) is 3.47. The van der Waals surface area contributed by atoms with Gasteiger partial charge in [0.2, 0.25) is 5.88 Å². The molecule has 2 unspecified atom stereocenters. The highest BCUT2D eigenvalue weighted by Gasteiger charge is 2.39. The summed E-state index contributed by atoms with van der Waals surface area (Å²) >= 11 is 0. The van der Waals surface area contributed by atoms with Crippen LogP contribution >= 0.6 is 0 Å². The normalized spacial score (nSPS) is 31.5. The third-order valence-corrected chi connectivity index (χ3v) is 4.12. The molecule has 0 aromatic carbocycles. The van der Waals surface area contributed by atoms with Crippen LogP contribution in [0.15, 0.2) is 6.20 Å². The number of nitrogens with zero attached hydrogens (tertiary/aromatic N) is 2. The van der Waals surface area contributed by atoms with Gasteiger partial charge in [-0.2, -0.15) is 0 Å². The van der Waals surface area contributed by atoms with Gasteiger partial charge >= 0.3 is 0 Å². The van der Waals surface area contributed by atoms with Crippen LogP contribution < -0.4 is 10.1 Å². The first-order valence-electron chi connectivity index (χ1n) is 6.36. The minimum atomic E-state index is 0.537. The number of fused-ring (bicyclic) bond motifs is 1. The Morgan fingerprint density at radius 2 is 2.00 bits per heavy atom. The van der Waals surface area contributed by atoms with E-state index < -0.39 is 0 Å². The monoisotopic (exact) mass is 233 g/mol. The molecule has 4 nitrogen and oxygen atoms in total. The SMILES string of the molecule is COc1ncc(C)nc1C1CC2CNCC2C1. The fraction of sp³-hybridized carbons (Fsp3) is 0.692. The lowest BCUT2D eigenvalue weighted by atomic mass is 10.0. The van der Waals surface area contributed by atoms with Gasteiger partial charge in [0, 0.05) is 5.92 Å². The minimum Gasteiger partial charge on any atom is -0.480 e. The first kappa shape index (κ1) is 11.0. The molecule has 3 rings (SSSR count). The summed E-state index contributed by atoms with van der Waals surface area (Å²) in [6, 6.07) is 0. The summed E-state index contributed by atoms with van der Waals surface area (Å²) in [5.41, 5.74) is 2.05. The molecular weight excluding hydrogens is 214 g/mol. The van der Waals surface area contributed by atoms with Gasteiger partial charge in [-0.25, -0.2) is 4.98 Å². The molecule has 2 heterocycles. The molecule has 0 radical (unpaired) electrons. The standard InChI is InChI=1S/C13H19N3O/c1-8-5-15-13(17-2)12(16-8)9-3-10-6-14-7-11(10)4-9/h5,9-11,14H,3-4,6-7H2,1-2H3. The quantitative estimate of drug-likeness (QED) is 0.841. The van der Waals surface area contributed by atoms with E-state index in [0.717, 1.165) is 23.2 Å². The third kappa shape index (κ3) is 1.90. The van der Waals surface area contributed by atoms with E-state index in [1.807, 2.05) is 6.92 Å². The van der Waals surface area contributed by atoms with Crippen LogP contribution in [-0.2, 0) is 0 Å². The van der Waals surface area contributed by atoms with Crippen molar-refractivity contribution in [2.24, 2.45) is 11.8 Å². The zero-order valence-corrected chi connectivity index (χ0v) is 10.4. The van der Waals surface area contributed by atoms with Crippen LogP contribution in [0.3, 0.4) is 0 Å². The average molecular weight is 233 g/mol. The number of hydrogen-bond donors (Lipinski definition) is 1. The zero-order chi connectivity index (χ0) is 11.8. The molecule has 1 N–H and O–H groups in total. The van der Waals surface area contributed by atoms with Gasteiger partial charge in [0.25, 0.3) is 0 Å². The minimum absolute atomic E-state index is 0.537. The Hall–Kier alpha value is -1.16. The molecule has 1 aliphatic carbocycles.